The van der Waals surface area contributed by atoms with Crippen LogP contribution in [0.3, 0.4) is 0 Å². The Labute approximate surface area is 191 Å². The van der Waals surface area contributed by atoms with Crippen LogP contribution in [-0.4, -0.2) is 51.7 Å². The van der Waals surface area contributed by atoms with Crippen molar-refractivity contribution in [2.45, 2.75) is 19.4 Å². The van der Waals surface area contributed by atoms with Crippen LogP contribution in [0, 0.1) is 5.41 Å². The largest absolute Gasteiger partial charge is 0.449 e. The molecule has 6 rings (SSSR count). The number of benzene rings is 1. The predicted octanol–water partition coefficient (Wildman–Crippen LogP) is 3.75. The number of piperazine rings is 1. The predicted molar refractivity (Wildman–Crippen MR) is 128 cm³/mol. The Bertz CT molecular complexity index is 1320. The molecule has 8 nitrogen and oxygen atoms in total. The molecule has 1 aromatic carbocycles. The van der Waals surface area contributed by atoms with Gasteiger partial charge in [-0.25, -0.2) is 9.97 Å². The Morgan fingerprint density at radius 3 is 2.76 bits per heavy atom. The molecule has 8 heteroatoms. The van der Waals surface area contributed by atoms with Crippen molar-refractivity contribution in [2.24, 2.45) is 0 Å². The van der Waals surface area contributed by atoms with E-state index in [1.807, 2.05) is 30.6 Å². The molecule has 2 aliphatic rings. The molecule has 3 aromatic heterocycles. The number of fused-ring (bicyclic) bond motifs is 2. The van der Waals surface area contributed by atoms with Crippen LogP contribution in [0.4, 0.5) is 11.4 Å². The Hall–Kier alpha value is -3.62. The molecule has 0 bridgehead atoms. The van der Waals surface area contributed by atoms with Gasteiger partial charge in [-0.3, -0.25) is 9.88 Å². The molecule has 0 unspecified atom stereocenters. The highest BCUT2D eigenvalue weighted by Gasteiger charge is 2.21. The molecule has 166 valence electrons. The summed E-state index contributed by atoms with van der Waals surface area (Å²) in [6, 6.07) is 8.10. The SMILES string of the molecule is N=C1CCc2cc(Nc3c(-c4ncc(CN5CCNCC5)cn4)oc4cnccc34)ccc21. The average molecular weight is 440 g/mol. The van der Waals surface area contributed by atoms with E-state index >= 15 is 0 Å². The van der Waals surface area contributed by atoms with Crippen LogP contribution in [-0.2, 0) is 13.0 Å². The summed E-state index contributed by atoms with van der Waals surface area (Å²) >= 11 is 0. The third kappa shape index (κ3) is 3.88. The molecule has 1 aliphatic carbocycles. The van der Waals surface area contributed by atoms with Crippen molar-refractivity contribution in [1.82, 2.24) is 25.2 Å². The Balaban J connectivity index is 1.32. The van der Waals surface area contributed by atoms with Crippen LogP contribution in [0.2, 0.25) is 0 Å². The first-order valence-corrected chi connectivity index (χ1v) is 11.3. The maximum absolute atomic E-state index is 8.09. The molecule has 0 amide bonds. The van der Waals surface area contributed by atoms with E-state index < -0.39 is 0 Å². The van der Waals surface area contributed by atoms with Crippen LogP contribution in [0.5, 0.6) is 0 Å². The maximum atomic E-state index is 8.09. The van der Waals surface area contributed by atoms with E-state index in [2.05, 4.69) is 36.6 Å². The zero-order valence-electron chi connectivity index (χ0n) is 18.3. The van der Waals surface area contributed by atoms with Crippen molar-refractivity contribution in [3.8, 4) is 11.6 Å². The van der Waals surface area contributed by atoms with Gasteiger partial charge >= 0.3 is 0 Å². The smallest absolute Gasteiger partial charge is 0.197 e. The molecule has 3 N–H and O–H groups in total. The molecule has 4 heterocycles. The van der Waals surface area contributed by atoms with E-state index in [0.29, 0.717) is 22.9 Å². The summed E-state index contributed by atoms with van der Waals surface area (Å²) in [4.78, 5) is 15.9. The van der Waals surface area contributed by atoms with E-state index in [1.165, 1.54) is 5.56 Å². The fourth-order valence-electron chi connectivity index (χ4n) is 4.63. The van der Waals surface area contributed by atoms with E-state index in [1.54, 1.807) is 12.4 Å². The molecule has 1 fully saturated rings. The minimum Gasteiger partial charge on any atom is -0.449 e. The second-order valence-corrected chi connectivity index (χ2v) is 8.59. The van der Waals surface area contributed by atoms with E-state index in [4.69, 9.17) is 9.83 Å². The second kappa shape index (κ2) is 8.38. The Kier molecular flexibility index (Phi) is 5.09. The number of aryl methyl sites for hydroxylation is 1. The average Bonchev–Trinajstić information content (AvgIpc) is 3.41. The van der Waals surface area contributed by atoms with Gasteiger partial charge in [0.2, 0.25) is 0 Å². The highest BCUT2D eigenvalue weighted by atomic mass is 16.3. The number of rotatable bonds is 5. The van der Waals surface area contributed by atoms with Crippen LogP contribution >= 0.6 is 0 Å². The molecule has 1 saturated heterocycles. The van der Waals surface area contributed by atoms with Crippen molar-refractivity contribution >= 4 is 28.1 Å². The quantitative estimate of drug-likeness (QED) is 0.435. The first kappa shape index (κ1) is 20.0. The minimum absolute atomic E-state index is 0.542. The molecule has 0 spiro atoms. The van der Waals surface area contributed by atoms with Gasteiger partial charge < -0.3 is 20.5 Å². The molecule has 0 saturated carbocycles. The molecular formula is C25H25N7O. The zero-order valence-corrected chi connectivity index (χ0v) is 18.3. The van der Waals surface area contributed by atoms with Crippen LogP contribution < -0.4 is 10.6 Å². The van der Waals surface area contributed by atoms with Crippen molar-refractivity contribution in [1.29, 1.82) is 5.41 Å². The monoisotopic (exact) mass is 439 g/mol. The van der Waals surface area contributed by atoms with Gasteiger partial charge in [-0.1, -0.05) is 6.07 Å². The summed E-state index contributed by atoms with van der Waals surface area (Å²) < 4.78 is 6.15. The van der Waals surface area contributed by atoms with Crippen molar-refractivity contribution in [3.05, 3.63) is 65.7 Å². The molecule has 0 atom stereocenters. The lowest BCUT2D eigenvalue weighted by atomic mass is 10.1. The molecule has 33 heavy (non-hydrogen) atoms. The van der Waals surface area contributed by atoms with E-state index in [-0.39, 0.29) is 0 Å². The second-order valence-electron chi connectivity index (χ2n) is 8.59. The number of pyridine rings is 1. The molecular weight excluding hydrogens is 414 g/mol. The number of nitrogens with zero attached hydrogens (tertiary/aromatic N) is 4. The van der Waals surface area contributed by atoms with Crippen molar-refractivity contribution < 1.29 is 4.42 Å². The molecule has 1 aliphatic heterocycles. The summed E-state index contributed by atoms with van der Waals surface area (Å²) in [6.07, 6.45) is 8.96. The third-order valence-corrected chi connectivity index (χ3v) is 6.36. The lowest BCUT2D eigenvalue weighted by Crippen LogP contribution is -2.42. The number of hydrogen-bond donors (Lipinski definition) is 3. The Morgan fingerprint density at radius 1 is 1.06 bits per heavy atom. The maximum Gasteiger partial charge on any atom is 0.197 e. The van der Waals surface area contributed by atoms with Gasteiger partial charge in [-0.05, 0) is 42.2 Å². The van der Waals surface area contributed by atoms with Gasteiger partial charge in [0.15, 0.2) is 17.2 Å². The van der Waals surface area contributed by atoms with Gasteiger partial charge in [0.1, 0.15) is 0 Å². The summed E-state index contributed by atoms with van der Waals surface area (Å²) in [5.41, 5.74) is 6.53. The van der Waals surface area contributed by atoms with Crippen LogP contribution in [0.15, 0.2) is 53.5 Å². The van der Waals surface area contributed by atoms with Crippen LogP contribution in [0.1, 0.15) is 23.1 Å². The lowest BCUT2D eigenvalue weighted by Gasteiger charge is -2.26. The summed E-state index contributed by atoms with van der Waals surface area (Å²) in [7, 11) is 0. The number of hydrogen-bond acceptors (Lipinski definition) is 8. The molecule has 4 aromatic rings. The number of furan rings is 1. The summed E-state index contributed by atoms with van der Waals surface area (Å²) in [5.74, 6) is 1.14. The highest BCUT2D eigenvalue weighted by Crippen LogP contribution is 2.38. The first-order valence-electron chi connectivity index (χ1n) is 11.3. The van der Waals surface area contributed by atoms with Gasteiger partial charge in [-0.2, -0.15) is 0 Å². The van der Waals surface area contributed by atoms with Crippen molar-refractivity contribution in [3.63, 3.8) is 0 Å². The highest BCUT2D eigenvalue weighted by molar-refractivity contribution is 6.03. The standard InChI is InChI=1S/C25H25N7O/c26-21-4-1-17-11-18(2-3-19(17)21)31-23-20-5-6-28-14-22(20)33-24(23)25-29-12-16(13-30-25)15-32-9-7-27-8-10-32/h2-3,5-6,11-14,26-27,31H,1,4,7-10,15H2. The van der Waals surface area contributed by atoms with Gasteiger partial charge in [0.05, 0.1) is 11.9 Å². The van der Waals surface area contributed by atoms with E-state index in [9.17, 15) is 0 Å². The Morgan fingerprint density at radius 2 is 1.91 bits per heavy atom. The van der Waals surface area contributed by atoms with Gasteiger partial charge in [0.25, 0.3) is 0 Å². The van der Waals surface area contributed by atoms with Gasteiger partial charge in [0, 0.05) is 73.7 Å². The topological polar surface area (TPSA) is 103 Å². The number of nitrogens with one attached hydrogen (secondary N) is 3. The van der Waals surface area contributed by atoms with Crippen LogP contribution in [0.25, 0.3) is 22.6 Å². The zero-order chi connectivity index (χ0) is 22.2. The molecule has 0 radical (unpaired) electrons. The number of anilines is 2. The lowest BCUT2D eigenvalue weighted by molar-refractivity contribution is 0.233. The van der Waals surface area contributed by atoms with E-state index in [0.717, 1.165) is 73.5 Å². The fourth-order valence-corrected chi connectivity index (χ4v) is 4.63. The van der Waals surface area contributed by atoms with Crippen molar-refractivity contribution in [2.75, 3.05) is 31.5 Å². The summed E-state index contributed by atoms with van der Waals surface area (Å²) in [6.45, 7) is 4.95. The minimum atomic E-state index is 0.542. The summed E-state index contributed by atoms with van der Waals surface area (Å²) in [5, 5.41) is 15.9. The normalized spacial score (nSPS) is 16.3. The van der Waals surface area contributed by atoms with Gasteiger partial charge in [-0.15, -0.1) is 0 Å². The third-order valence-electron chi connectivity index (χ3n) is 6.36. The number of aromatic nitrogens is 3. The first-order chi connectivity index (χ1) is 16.2. The fraction of sp³-hybridized carbons (Fsp3) is 0.280.